The lowest BCUT2D eigenvalue weighted by atomic mass is 10.0. The van der Waals surface area contributed by atoms with Crippen LogP contribution in [0, 0.1) is 0 Å². The third-order valence-electron chi connectivity index (χ3n) is 3.96. The van der Waals surface area contributed by atoms with E-state index in [-0.39, 0.29) is 5.91 Å². The lowest BCUT2D eigenvalue weighted by molar-refractivity contribution is -0.122. The Morgan fingerprint density at radius 2 is 2.30 bits per heavy atom. The van der Waals surface area contributed by atoms with Gasteiger partial charge in [0.15, 0.2) is 5.69 Å². The molecule has 0 atom stereocenters. The molecule has 0 fully saturated rings. The molecule has 2 aromatic rings. The summed E-state index contributed by atoms with van der Waals surface area (Å²) in [5, 5.41) is 9.10. The highest BCUT2D eigenvalue weighted by Crippen LogP contribution is 2.21. The first-order valence-corrected chi connectivity index (χ1v) is 8.28. The maximum atomic E-state index is 12.1. The Morgan fingerprint density at radius 1 is 1.48 bits per heavy atom. The van der Waals surface area contributed by atoms with Crippen LogP contribution in [-0.4, -0.2) is 39.6 Å². The van der Waals surface area contributed by atoms with E-state index in [1.165, 1.54) is 0 Å². The predicted octanol–water partition coefficient (Wildman–Crippen LogP) is 0.255. The molecule has 0 aliphatic carbocycles. The van der Waals surface area contributed by atoms with Crippen LogP contribution in [0.15, 0.2) is 17.5 Å². The second-order valence-electron chi connectivity index (χ2n) is 5.58. The van der Waals surface area contributed by atoms with Gasteiger partial charge < -0.3 is 11.1 Å². The van der Waals surface area contributed by atoms with E-state index in [1.54, 1.807) is 16.0 Å². The molecule has 0 saturated carbocycles. The molecule has 0 spiro atoms. The Hall–Kier alpha value is -2.19. The van der Waals surface area contributed by atoms with Gasteiger partial charge in [0.25, 0.3) is 5.91 Å². The van der Waals surface area contributed by atoms with Crippen LogP contribution in [0.25, 0.3) is 0 Å². The summed E-state index contributed by atoms with van der Waals surface area (Å²) in [6, 6.07) is 3.96. The zero-order valence-corrected chi connectivity index (χ0v) is 13.7. The second kappa shape index (κ2) is 6.51. The summed E-state index contributed by atoms with van der Waals surface area (Å²) in [7, 11) is 1.81. The Bertz CT molecular complexity index is 723. The van der Waals surface area contributed by atoms with Crippen LogP contribution in [0.1, 0.15) is 26.6 Å². The van der Waals surface area contributed by atoms with Crippen molar-refractivity contribution in [1.82, 2.24) is 20.0 Å². The number of nitrogens with two attached hydrogens (primary N) is 1. The zero-order valence-electron chi connectivity index (χ0n) is 12.9. The lowest BCUT2D eigenvalue weighted by Gasteiger charge is -2.26. The van der Waals surface area contributed by atoms with Crippen molar-refractivity contribution in [3.05, 3.63) is 39.3 Å². The zero-order chi connectivity index (χ0) is 16.4. The average molecular weight is 333 g/mol. The summed E-state index contributed by atoms with van der Waals surface area (Å²) in [5.41, 5.74) is 7.57. The number of primary amides is 1. The summed E-state index contributed by atoms with van der Waals surface area (Å²) in [6.45, 7) is 2.14. The number of carbonyl (C=O) groups is 2. The van der Waals surface area contributed by atoms with E-state index in [4.69, 9.17) is 5.73 Å². The molecule has 2 aromatic heterocycles. The van der Waals surface area contributed by atoms with Crippen molar-refractivity contribution in [1.29, 1.82) is 0 Å². The van der Waals surface area contributed by atoms with Gasteiger partial charge in [-0.2, -0.15) is 5.10 Å². The summed E-state index contributed by atoms with van der Waals surface area (Å²) in [6.07, 6.45) is 0.754. The smallest absolute Gasteiger partial charge is 0.269 e. The number of aryl methyl sites for hydroxylation is 1. The molecule has 3 heterocycles. The van der Waals surface area contributed by atoms with Crippen molar-refractivity contribution in [3.63, 3.8) is 0 Å². The molecule has 1 aliphatic heterocycles. The average Bonchev–Trinajstić information content (AvgIpc) is 3.13. The van der Waals surface area contributed by atoms with Gasteiger partial charge in [0.2, 0.25) is 5.91 Å². The van der Waals surface area contributed by atoms with Crippen LogP contribution in [0.3, 0.4) is 0 Å². The molecule has 0 bridgehead atoms. The first-order chi connectivity index (χ1) is 11.0. The number of carbonyl (C=O) groups excluding carboxylic acids is 2. The molecule has 2 amide bonds. The van der Waals surface area contributed by atoms with Gasteiger partial charge in [-0.3, -0.25) is 19.2 Å². The fourth-order valence-electron chi connectivity index (χ4n) is 2.84. The van der Waals surface area contributed by atoms with Crippen LogP contribution in [-0.2, 0) is 31.4 Å². The number of rotatable bonds is 5. The highest BCUT2D eigenvalue weighted by molar-refractivity contribution is 7.09. The third-order valence-corrected chi connectivity index (χ3v) is 4.84. The van der Waals surface area contributed by atoms with Crippen LogP contribution in [0.5, 0.6) is 0 Å². The van der Waals surface area contributed by atoms with Gasteiger partial charge in [0.1, 0.15) is 0 Å². The SMILES string of the molecule is Cn1nc(C(N)=O)c2c1CCN(CC(=O)NCc1cccs1)C2. The molecule has 0 radical (unpaired) electrons. The molecule has 7 nitrogen and oxygen atoms in total. The minimum absolute atomic E-state index is 0.0219. The van der Waals surface area contributed by atoms with Gasteiger partial charge in [0, 0.05) is 42.7 Å². The Morgan fingerprint density at radius 3 is 3.00 bits per heavy atom. The van der Waals surface area contributed by atoms with E-state index in [0.717, 1.165) is 29.1 Å². The van der Waals surface area contributed by atoms with Crippen molar-refractivity contribution >= 4 is 23.2 Å². The van der Waals surface area contributed by atoms with Gasteiger partial charge in [-0.05, 0) is 11.4 Å². The Balaban J connectivity index is 1.60. The number of nitrogens with one attached hydrogen (secondary N) is 1. The highest BCUT2D eigenvalue weighted by Gasteiger charge is 2.26. The predicted molar refractivity (Wildman–Crippen MR) is 86.9 cm³/mol. The minimum Gasteiger partial charge on any atom is -0.364 e. The van der Waals surface area contributed by atoms with E-state index in [0.29, 0.717) is 25.3 Å². The molecule has 23 heavy (non-hydrogen) atoms. The summed E-state index contributed by atoms with van der Waals surface area (Å²) < 4.78 is 1.71. The second-order valence-corrected chi connectivity index (χ2v) is 6.61. The quantitative estimate of drug-likeness (QED) is 0.820. The molecular formula is C15H19N5O2S. The molecule has 3 rings (SSSR count). The Labute approximate surface area is 138 Å². The van der Waals surface area contributed by atoms with Crippen LogP contribution < -0.4 is 11.1 Å². The van der Waals surface area contributed by atoms with E-state index in [2.05, 4.69) is 10.4 Å². The largest absolute Gasteiger partial charge is 0.364 e. The summed E-state index contributed by atoms with van der Waals surface area (Å²) >= 11 is 1.62. The summed E-state index contributed by atoms with van der Waals surface area (Å²) in [5.74, 6) is -0.544. The van der Waals surface area contributed by atoms with Gasteiger partial charge >= 0.3 is 0 Å². The topological polar surface area (TPSA) is 93.2 Å². The van der Waals surface area contributed by atoms with Crippen molar-refractivity contribution in [2.24, 2.45) is 12.8 Å². The van der Waals surface area contributed by atoms with E-state index in [1.807, 2.05) is 29.5 Å². The first kappa shape index (κ1) is 15.7. The number of hydrogen-bond donors (Lipinski definition) is 2. The van der Waals surface area contributed by atoms with Crippen LogP contribution >= 0.6 is 11.3 Å². The summed E-state index contributed by atoms with van der Waals surface area (Å²) in [4.78, 5) is 26.7. The molecular weight excluding hydrogens is 314 g/mol. The number of amides is 2. The molecule has 122 valence electrons. The van der Waals surface area contributed by atoms with E-state index < -0.39 is 5.91 Å². The van der Waals surface area contributed by atoms with Crippen LogP contribution in [0.4, 0.5) is 0 Å². The van der Waals surface area contributed by atoms with Gasteiger partial charge in [0.05, 0.1) is 13.1 Å². The van der Waals surface area contributed by atoms with Gasteiger partial charge in [-0.15, -0.1) is 11.3 Å². The number of hydrogen-bond acceptors (Lipinski definition) is 5. The number of fused-ring (bicyclic) bond motifs is 1. The standard InChI is InChI=1S/C15H19N5O2S/c1-19-12-4-5-20(8-11(12)14(18-19)15(16)22)9-13(21)17-7-10-3-2-6-23-10/h2-3,6H,4-5,7-9H2,1H3,(H2,16,22)(H,17,21). The lowest BCUT2D eigenvalue weighted by Crippen LogP contribution is -2.40. The van der Waals surface area contributed by atoms with E-state index in [9.17, 15) is 9.59 Å². The molecule has 0 unspecified atom stereocenters. The maximum absolute atomic E-state index is 12.1. The van der Waals surface area contributed by atoms with Crippen molar-refractivity contribution in [2.45, 2.75) is 19.5 Å². The van der Waals surface area contributed by atoms with E-state index >= 15 is 0 Å². The fourth-order valence-corrected chi connectivity index (χ4v) is 3.48. The molecule has 0 aromatic carbocycles. The maximum Gasteiger partial charge on any atom is 0.269 e. The van der Waals surface area contributed by atoms with Crippen molar-refractivity contribution in [3.8, 4) is 0 Å². The monoisotopic (exact) mass is 333 g/mol. The normalized spacial score (nSPS) is 14.5. The third kappa shape index (κ3) is 3.43. The van der Waals surface area contributed by atoms with Crippen molar-refractivity contribution < 1.29 is 9.59 Å². The van der Waals surface area contributed by atoms with Crippen molar-refractivity contribution in [2.75, 3.05) is 13.1 Å². The minimum atomic E-state index is -0.522. The molecule has 3 N–H and O–H groups in total. The first-order valence-electron chi connectivity index (χ1n) is 7.40. The van der Waals surface area contributed by atoms with Crippen LogP contribution in [0.2, 0.25) is 0 Å². The molecule has 1 aliphatic rings. The Kier molecular flexibility index (Phi) is 4.44. The number of aromatic nitrogens is 2. The number of nitrogens with zero attached hydrogens (tertiary/aromatic N) is 3. The molecule has 0 saturated heterocycles. The van der Waals surface area contributed by atoms with Gasteiger partial charge in [-0.1, -0.05) is 6.07 Å². The highest BCUT2D eigenvalue weighted by atomic mass is 32.1. The fraction of sp³-hybridized carbons (Fsp3) is 0.400. The van der Waals surface area contributed by atoms with Gasteiger partial charge in [-0.25, -0.2) is 0 Å². The molecule has 8 heteroatoms. The number of thiophene rings is 1.